The van der Waals surface area contributed by atoms with Crippen LogP contribution in [0.5, 0.6) is 0 Å². The SMILES string of the molecule is Cc1cc(C(=O)CSc2ccccn2)c(C)s1. The lowest BCUT2D eigenvalue weighted by atomic mass is 10.2. The molecule has 0 aliphatic rings. The number of aromatic nitrogens is 1. The van der Waals surface area contributed by atoms with Gasteiger partial charge in [-0.15, -0.1) is 11.3 Å². The van der Waals surface area contributed by atoms with Crippen LogP contribution in [0.1, 0.15) is 20.1 Å². The maximum atomic E-state index is 12.0. The number of Topliss-reactive ketones (excluding diaryl/α,β-unsaturated/α-hetero) is 1. The molecule has 2 aromatic heterocycles. The lowest BCUT2D eigenvalue weighted by Gasteiger charge is -1.99. The highest BCUT2D eigenvalue weighted by Crippen LogP contribution is 2.23. The van der Waals surface area contributed by atoms with Gasteiger partial charge in [0.25, 0.3) is 0 Å². The number of aryl methyl sites for hydroxylation is 2. The summed E-state index contributed by atoms with van der Waals surface area (Å²) in [5.74, 6) is 0.635. The van der Waals surface area contributed by atoms with Crippen LogP contribution in [0.3, 0.4) is 0 Å². The highest BCUT2D eigenvalue weighted by Gasteiger charge is 2.12. The molecule has 0 aliphatic heterocycles. The van der Waals surface area contributed by atoms with E-state index in [1.165, 1.54) is 16.6 Å². The lowest BCUT2D eigenvalue weighted by Crippen LogP contribution is -2.02. The van der Waals surface area contributed by atoms with Gasteiger partial charge < -0.3 is 0 Å². The van der Waals surface area contributed by atoms with E-state index in [-0.39, 0.29) is 5.78 Å². The van der Waals surface area contributed by atoms with Crippen LogP contribution in [0, 0.1) is 13.8 Å². The van der Waals surface area contributed by atoms with Crippen molar-refractivity contribution in [1.29, 1.82) is 0 Å². The third-order valence-corrected chi connectivity index (χ3v) is 4.24. The molecule has 2 nitrogen and oxygen atoms in total. The average molecular weight is 263 g/mol. The van der Waals surface area contributed by atoms with Gasteiger partial charge in [-0.3, -0.25) is 4.79 Å². The molecule has 0 atom stereocenters. The number of ketones is 1. The van der Waals surface area contributed by atoms with Crippen LogP contribution in [0.25, 0.3) is 0 Å². The summed E-state index contributed by atoms with van der Waals surface area (Å²) in [5, 5.41) is 0.894. The van der Waals surface area contributed by atoms with Gasteiger partial charge in [-0.2, -0.15) is 0 Å². The summed E-state index contributed by atoms with van der Waals surface area (Å²) in [6.45, 7) is 4.02. The first-order valence-electron chi connectivity index (χ1n) is 5.31. The number of nitrogens with zero attached hydrogens (tertiary/aromatic N) is 1. The maximum absolute atomic E-state index is 12.0. The zero-order valence-corrected chi connectivity index (χ0v) is 11.4. The number of thioether (sulfide) groups is 1. The quantitative estimate of drug-likeness (QED) is 0.622. The molecule has 0 saturated heterocycles. The number of rotatable bonds is 4. The summed E-state index contributed by atoms with van der Waals surface area (Å²) in [5.41, 5.74) is 0.857. The van der Waals surface area contributed by atoms with Crippen molar-refractivity contribution in [3.63, 3.8) is 0 Å². The van der Waals surface area contributed by atoms with Gasteiger partial charge in [0.05, 0.1) is 10.8 Å². The normalized spacial score (nSPS) is 10.5. The van der Waals surface area contributed by atoms with Gasteiger partial charge in [-0.25, -0.2) is 4.98 Å². The topological polar surface area (TPSA) is 30.0 Å². The molecular weight excluding hydrogens is 250 g/mol. The highest BCUT2D eigenvalue weighted by molar-refractivity contribution is 7.99. The van der Waals surface area contributed by atoms with Crippen LogP contribution >= 0.6 is 23.1 Å². The Hall–Kier alpha value is -1.13. The highest BCUT2D eigenvalue weighted by atomic mass is 32.2. The van der Waals surface area contributed by atoms with E-state index in [2.05, 4.69) is 4.98 Å². The lowest BCUT2D eigenvalue weighted by molar-refractivity contribution is 0.102. The van der Waals surface area contributed by atoms with E-state index in [0.29, 0.717) is 5.75 Å². The maximum Gasteiger partial charge on any atom is 0.174 e. The van der Waals surface area contributed by atoms with Crippen LogP contribution in [0.15, 0.2) is 35.5 Å². The number of hydrogen-bond donors (Lipinski definition) is 0. The first-order chi connectivity index (χ1) is 8.16. The summed E-state index contributed by atoms with van der Waals surface area (Å²) >= 11 is 3.16. The van der Waals surface area contributed by atoms with Crippen molar-refractivity contribution in [1.82, 2.24) is 4.98 Å². The smallest absolute Gasteiger partial charge is 0.174 e. The first kappa shape index (κ1) is 12.3. The minimum Gasteiger partial charge on any atom is -0.293 e. The second kappa shape index (κ2) is 5.47. The van der Waals surface area contributed by atoms with E-state index in [1.807, 2.05) is 38.1 Å². The number of thiophene rings is 1. The van der Waals surface area contributed by atoms with Crippen molar-refractivity contribution in [2.45, 2.75) is 18.9 Å². The van der Waals surface area contributed by atoms with Crippen molar-refractivity contribution in [3.05, 3.63) is 45.8 Å². The molecule has 0 aromatic carbocycles. The Bertz CT molecular complexity index is 519. The Labute approximate surface area is 109 Å². The van der Waals surface area contributed by atoms with Gasteiger partial charge in [-0.1, -0.05) is 17.8 Å². The fourth-order valence-electron chi connectivity index (χ4n) is 1.56. The van der Waals surface area contributed by atoms with E-state index >= 15 is 0 Å². The second-order valence-electron chi connectivity index (χ2n) is 3.71. The van der Waals surface area contributed by atoms with Crippen molar-refractivity contribution in [2.24, 2.45) is 0 Å². The molecule has 4 heteroatoms. The van der Waals surface area contributed by atoms with Gasteiger partial charge in [0.1, 0.15) is 0 Å². The summed E-state index contributed by atoms with van der Waals surface area (Å²) in [7, 11) is 0. The number of hydrogen-bond acceptors (Lipinski definition) is 4. The third kappa shape index (κ3) is 3.17. The molecule has 0 bridgehead atoms. The molecule has 2 rings (SSSR count). The van der Waals surface area contributed by atoms with Gasteiger partial charge in [-0.05, 0) is 32.0 Å². The molecule has 0 N–H and O–H groups in total. The fraction of sp³-hybridized carbons (Fsp3) is 0.231. The number of pyridine rings is 1. The van der Waals surface area contributed by atoms with E-state index < -0.39 is 0 Å². The molecule has 2 aromatic rings. The van der Waals surface area contributed by atoms with Crippen LogP contribution in [0.4, 0.5) is 0 Å². The first-order valence-corrected chi connectivity index (χ1v) is 7.11. The standard InChI is InChI=1S/C13H13NOS2/c1-9-7-11(10(2)17-9)12(15)8-16-13-5-3-4-6-14-13/h3-7H,8H2,1-2H3. The minimum atomic E-state index is 0.183. The van der Waals surface area contributed by atoms with Crippen LogP contribution < -0.4 is 0 Å². The van der Waals surface area contributed by atoms with Crippen molar-refractivity contribution in [3.8, 4) is 0 Å². The van der Waals surface area contributed by atoms with Crippen LogP contribution in [0.2, 0.25) is 0 Å². The molecule has 0 saturated carbocycles. The molecule has 88 valence electrons. The average Bonchev–Trinajstić information content (AvgIpc) is 2.67. The largest absolute Gasteiger partial charge is 0.293 e. The summed E-state index contributed by atoms with van der Waals surface area (Å²) < 4.78 is 0. The predicted octanol–water partition coefficient (Wildman–Crippen LogP) is 3.73. The van der Waals surface area contributed by atoms with E-state index in [4.69, 9.17) is 0 Å². The second-order valence-corrected chi connectivity index (χ2v) is 6.16. The van der Waals surface area contributed by atoms with Gasteiger partial charge >= 0.3 is 0 Å². The number of carbonyl (C=O) groups excluding carboxylic acids is 1. The van der Waals surface area contributed by atoms with Crippen molar-refractivity contribution >= 4 is 28.9 Å². The van der Waals surface area contributed by atoms with Gasteiger partial charge in [0, 0.05) is 21.5 Å². The molecule has 0 unspecified atom stereocenters. The molecule has 0 fully saturated rings. The Morgan fingerprint density at radius 3 is 2.82 bits per heavy atom. The minimum absolute atomic E-state index is 0.183. The number of carbonyl (C=O) groups is 1. The third-order valence-electron chi connectivity index (χ3n) is 2.33. The van der Waals surface area contributed by atoms with E-state index in [1.54, 1.807) is 17.5 Å². The molecule has 2 heterocycles. The Balaban J connectivity index is 2.01. The zero-order valence-electron chi connectivity index (χ0n) is 9.77. The summed E-state index contributed by atoms with van der Waals surface area (Å²) in [6.07, 6.45) is 1.74. The fourth-order valence-corrected chi connectivity index (χ4v) is 3.24. The van der Waals surface area contributed by atoms with E-state index in [0.717, 1.165) is 15.5 Å². The van der Waals surface area contributed by atoms with E-state index in [9.17, 15) is 4.79 Å². The molecule has 0 radical (unpaired) electrons. The van der Waals surface area contributed by atoms with Crippen molar-refractivity contribution < 1.29 is 4.79 Å². The van der Waals surface area contributed by atoms with Crippen LogP contribution in [-0.4, -0.2) is 16.5 Å². The Morgan fingerprint density at radius 1 is 1.41 bits per heavy atom. The Morgan fingerprint density at radius 2 is 2.24 bits per heavy atom. The molecule has 0 amide bonds. The monoisotopic (exact) mass is 263 g/mol. The Kier molecular flexibility index (Phi) is 3.97. The predicted molar refractivity (Wildman–Crippen MR) is 73.1 cm³/mol. The summed E-state index contributed by atoms with van der Waals surface area (Å²) in [4.78, 5) is 18.5. The van der Waals surface area contributed by atoms with Gasteiger partial charge in [0.15, 0.2) is 5.78 Å². The van der Waals surface area contributed by atoms with Crippen LogP contribution in [-0.2, 0) is 0 Å². The van der Waals surface area contributed by atoms with Gasteiger partial charge in [0.2, 0.25) is 0 Å². The molecule has 0 aliphatic carbocycles. The zero-order chi connectivity index (χ0) is 12.3. The molecule has 0 spiro atoms. The molecular formula is C13H13NOS2. The summed E-state index contributed by atoms with van der Waals surface area (Å²) in [6, 6.07) is 7.70. The molecule has 17 heavy (non-hydrogen) atoms. The van der Waals surface area contributed by atoms with Crippen molar-refractivity contribution in [2.75, 3.05) is 5.75 Å².